The number of nitrogens with one attached hydrogen (secondary N) is 2. The third-order valence-electron chi connectivity index (χ3n) is 2.98. The highest BCUT2D eigenvalue weighted by Crippen LogP contribution is 2.02. The van der Waals surface area contributed by atoms with Gasteiger partial charge in [-0.3, -0.25) is 0 Å². The molecule has 0 fully saturated rings. The third kappa shape index (κ3) is 7.60. The number of carboxylic acid groups (broad SMARTS) is 1. The highest BCUT2D eigenvalue weighted by molar-refractivity contribution is 7.98. The zero-order chi connectivity index (χ0) is 15.5. The lowest BCUT2D eigenvalue weighted by Gasteiger charge is -2.14. The maximum Gasteiger partial charge on any atom is 0.326 e. The molecule has 1 aromatic rings. The minimum absolute atomic E-state index is 0.420. The highest BCUT2D eigenvalue weighted by atomic mass is 32.2. The van der Waals surface area contributed by atoms with Crippen LogP contribution in [0.1, 0.15) is 18.4 Å². The predicted molar refractivity (Wildman–Crippen MR) is 85.7 cm³/mol. The van der Waals surface area contributed by atoms with Gasteiger partial charge < -0.3 is 15.7 Å². The summed E-state index contributed by atoms with van der Waals surface area (Å²) < 4.78 is 0. The number of amides is 2. The minimum atomic E-state index is -0.997. The summed E-state index contributed by atoms with van der Waals surface area (Å²) in [5.74, 6) is -0.297. The summed E-state index contributed by atoms with van der Waals surface area (Å²) in [5.41, 5.74) is 1.23. The molecule has 1 aromatic carbocycles. The number of hydrogen-bond donors (Lipinski definition) is 3. The predicted octanol–water partition coefficient (Wildman–Crippen LogP) is 2.12. The van der Waals surface area contributed by atoms with Crippen LogP contribution in [-0.2, 0) is 11.2 Å². The van der Waals surface area contributed by atoms with Crippen LogP contribution in [0.3, 0.4) is 0 Å². The van der Waals surface area contributed by atoms with Crippen molar-refractivity contribution in [1.82, 2.24) is 10.6 Å². The Balaban J connectivity index is 2.21. The summed E-state index contributed by atoms with van der Waals surface area (Å²) >= 11 is 1.56. The van der Waals surface area contributed by atoms with Gasteiger partial charge in [0, 0.05) is 6.54 Å². The van der Waals surface area contributed by atoms with Gasteiger partial charge in [-0.2, -0.15) is 11.8 Å². The van der Waals surface area contributed by atoms with Crippen LogP contribution in [0.5, 0.6) is 0 Å². The Morgan fingerprint density at radius 3 is 2.62 bits per heavy atom. The second kappa shape index (κ2) is 10.1. The van der Waals surface area contributed by atoms with E-state index in [2.05, 4.69) is 10.6 Å². The number of hydrogen-bond acceptors (Lipinski definition) is 3. The number of carbonyl (C=O) groups excluding carboxylic acids is 1. The lowest BCUT2D eigenvalue weighted by Crippen LogP contribution is -2.46. The number of aliphatic carboxylic acids is 1. The van der Waals surface area contributed by atoms with Gasteiger partial charge in [-0.05, 0) is 36.8 Å². The molecule has 0 saturated heterocycles. The maximum absolute atomic E-state index is 11.6. The molecule has 0 aliphatic carbocycles. The Morgan fingerprint density at radius 2 is 2.00 bits per heavy atom. The molecule has 6 heteroatoms. The second-order valence-corrected chi connectivity index (χ2v) is 5.65. The fourth-order valence-corrected chi connectivity index (χ4v) is 2.31. The Bertz CT molecular complexity index is 440. The van der Waals surface area contributed by atoms with E-state index in [1.165, 1.54) is 5.56 Å². The molecule has 0 aliphatic heterocycles. The number of carboxylic acids is 1. The molecule has 0 spiro atoms. The molecule has 1 unspecified atom stereocenters. The molecule has 0 saturated carbocycles. The summed E-state index contributed by atoms with van der Waals surface area (Å²) in [4.78, 5) is 22.6. The molecule has 5 nitrogen and oxygen atoms in total. The third-order valence-corrected chi connectivity index (χ3v) is 3.63. The van der Waals surface area contributed by atoms with Gasteiger partial charge in [-0.1, -0.05) is 30.3 Å². The van der Waals surface area contributed by atoms with Crippen molar-refractivity contribution in [3.63, 3.8) is 0 Å². The van der Waals surface area contributed by atoms with Gasteiger partial charge in [0.15, 0.2) is 0 Å². The number of thioether (sulfide) groups is 1. The van der Waals surface area contributed by atoms with Crippen LogP contribution >= 0.6 is 11.8 Å². The first-order valence-corrected chi connectivity index (χ1v) is 8.33. The standard InChI is InChI=1S/C15H22N2O3S/c1-21-11-9-13(14(18)19)17-15(20)16-10-5-8-12-6-3-2-4-7-12/h2-4,6-7,13H,5,8-11H2,1H3,(H,18,19)(H2,16,17,20). The van der Waals surface area contributed by atoms with Crippen molar-refractivity contribution < 1.29 is 14.7 Å². The molecular weight excluding hydrogens is 288 g/mol. The van der Waals surface area contributed by atoms with E-state index in [4.69, 9.17) is 5.11 Å². The Kier molecular flexibility index (Phi) is 8.35. The highest BCUT2D eigenvalue weighted by Gasteiger charge is 2.18. The van der Waals surface area contributed by atoms with Crippen LogP contribution in [-0.4, -0.2) is 41.7 Å². The van der Waals surface area contributed by atoms with Crippen molar-refractivity contribution in [1.29, 1.82) is 0 Å². The maximum atomic E-state index is 11.6. The van der Waals surface area contributed by atoms with Crippen molar-refractivity contribution >= 4 is 23.8 Å². The molecule has 0 radical (unpaired) electrons. The minimum Gasteiger partial charge on any atom is -0.480 e. The number of aryl methyl sites for hydroxylation is 1. The molecule has 0 aromatic heterocycles. The van der Waals surface area contributed by atoms with E-state index >= 15 is 0 Å². The average Bonchev–Trinajstić information content (AvgIpc) is 2.48. The number of benzene rings is 1. The van der Waals surface area contributed by atoms with Crippen LogP contribution < -0.4 is 10.6 Å². The molecule has 2 amide bonds. The van der Waals surface area contributed by atoms with E-state index in [0.717, 1.165) is 12.8 Å². The largest absolute Gasteiger partial charge is 0.480 e. The van der Waals surface area contributed by atoms with Crippen molar-refractivity contribution in [2.24, 2.45) is 0 Å². The van der Waals surface area contributed by atoms with Gasteiger partial charge in [-0.15, -0.1) is 0 Å². The van der Waals surface area contributed by atoms with Gasteiger partial charge in [0.2, 0.25) is 0 Å². The van der Waals surface area contributed by atoms with E-state index in [1.54, 1.807) is 11.8 Å². The molecule has 0 aliphatic rings. The van der Waals surface area contributed by atoms with Gasteiger partial charge in [0.25, 0.3) is 0 Å². The van der Waals surface area contributed by atoms with E-state index < -0.39 is 18.0 Å². The summed E-state index contributed by atoms with van der Waals surface area (Å²) in [6.07, 6.45) is 4.03. The summed E-state index contributed by atoms with van der Waals surface area (Å²) in [6, 6.07) is 8.78. The molecule has 116 valence electrons. The first-order valence-electron chi connectivity index (χ1n) is 6.93. The molecule has 1 atom stereocenters. The molecule has 21 heavy (non-hydrogen) atoms. The molecule has 0 bridgehead atoms. The van der Waals surface area contributed by atoms with Crippen LogP contribution in [0.25, 0.3) is 0 Å². The summed E-state index contributed by atoms with van der Waals surface area (Å²) in [7, 11) is 0. The normalized spacial score (nSPS) is 11.7. The summed E-state index contributed by atoms with van der Waals surface area (Å²) in [6.45, 7) is 0.523. The van der Waals surface area contributed by atoms with E-state index in [-0.39, 0.29) is 0 Å². The summed E-state index contributed by atoms with van der Waals surface area (Å²) in [5, 5.41) is 14.2. The number of rotatable bonds is 9. The van der Waals surface area contributed by atoms with Gasteiger partial charge in [0.1, 0.15) is 6.04 Å². The topological polar surface area (TPSA) is 78.4 Å². The quantitative estimate of drug-likeness (QED) is 0.611. The SMILES string of the molecule is CSCCC(NC(=O)NCCCc1ccccc1)C(=O)O. The average molecular weight is 310 g/mol. The molecular formula is C15H22N2O3S. The van der Waals surface area contributed by atoms with Crippen LogP contribution in [0.15, 0.2) is 30.3 Å². The van der Waals surface area contributed by atoms with Crippen molar-refractivity contribution in [3.8, 4) is 0 Å². The van der Waals surface area contributed by atoms with E-state index in [9.17, 15) is 9.59 Å². The molecule has 0 heterocycles. The Morgan fingerprint density at radius 1 is 1.29 bits per heavy atom. The van der Waals surface area contributed by atoms with Gasteiger partial charge in [-0.25, -0.2) is 9.59 Å². The fourth-order valence-electron chi connectivity index (χ4n) is 1.84. The monoisotopic (exact) mass is 310 g/mol. The first-order chi connectivity index (χ1) is 10.1. The van der Waals surface area contributed by atoms with E-state index in [0.29, 0.717) is 18.7 Å². The van der Waals surface area contributed by atoms with Crippen LogP contribution in [0.4, 0.5) is 4.79 Å². The van der Waals surface area contributed by atoms with E-state index in [1.807, 2.05) is 36.6 Å². The number of carbonyl (C=O) groups is 2. The van der Waals surface area contributed by atoms with Crippen LogP contribution in [0, 0.1) is 0 Å². The van der Waals surface area contributed by atoms with Crippen LogP contribution in [0.2, 0.25) is 0 Å². The van der Waals surface area contributed by atoms with Crippen molar-refractivity contribution in [2.45, 2.75) is 25.3 Å². The molecule has 3 N–H and O–H groups in total. The Hall–Kier alpha value is -1.69. The zero-order valence-electron chi connectivity index (χ0n) is 12.2. The Labute approximate surface area is 129 Å². The van der Waals surface area contributed by atoms with Gasteiger partial charge >= 0.3 is 12.0 Å². The lowest BCUT2D eigenvalue weighted by atomic mass is 10.1. The van der Waals surface area contributed by atoms with Gasteiger partial charge in [0.05, 0.1) is 0 Å². The zero-order valence-corrected chi connectivity index (χ0v) is 13.0. The number of urea groups is 1. The van der Waals surface area contributed by atoms with Crippen molar-refractivity contribution in [2.75, 3.05) is 18.6 Å². The lowest BCUT2D eigenvalue weighted by molar-refractivity contribution is -0.139. The second-order valence-electron chi connectivity index (χ2n) is 4.66. The fraction of sp³-hybridized carbons (Fsp3) is 0.467. The smallest absolute Gasteiger partial charge is 0.326 e. The first kappa shape index (κ1) is 17.4. The molecule has 1 rings (SSSR count). The van der Waals surface area contributed by atoms with Crippen molar-refractivity contribution in [3.05, 3.63) is 35.9 Å².